The Labute approximate surface area is 236 Å². The Morgan fingerprint density at radius 1 is 0.526 bits per heavy atom. The van der Waals surface area contributed by atoms with Gasteiger partial charge in [0.25, 0.3) is 0 Å². The number of hydrogen-bond donors (Lipinski definition) is 0. The summed E-state index contributed by atoms with van der Waals surface area (Å²) in [5.74, 6) is 0.839. The summed E-state index contributed by atoms with van der Waals surface area (Å²) in [4.78, 5) is 0. The summed E-state index contributed by atoms with van der Waals surface area (Å²) in [6.45, 7) is 0. The predicted octanol–water partition coefficient (Wildman–Crippen LogP) is 7.00. The highest BCUT2D eigenvalue weighted by molar-refractivity contribution is 8.24. The van der Waals surface area contributed by atoms with Crippen molar-refractivity contribution in [3.05, 3.63) is 151 Å². The summed E-state index contributed by atoms with van der Waals surface area (Å²) >= 11 is 13.7. The molecule has 0 aliphatic rings. The van der Waals surface area contributed by atoms with Gasteiger partial charge in [0.1, 0.15) is 5.75 Å². The highest BCUT2D eigenvalue weighted by atomic mass is 32.4. The zero-order valence-corrected chi connectivity index (χ0v) is 24.7. The second-order valence-electron chi connectivity index (χ2n) is 9.21. The molecule has 0 aliphatic heterocycles. The normalized spacial score (nSPS) is 12.6. The van der Waals surface area contributed by atoms with E-state index in [1.807, 2.05) is 12.1 Å². The van der Waals surface area contributed by atoms with E-state index < -0.39 is 12.1 Å². The van der Waals surface area contributed by atoms with Crippen LogP contribution in [0.1, 0.15) is 11.2 Å². The maximum absolute atomic E-state index is 6.92. The van der Waals surface area contributed by atoms with Crippen LogP contribution in [0, 0.1) is 0 Å². The molecule has 5 heteroatoms. The van der Waals surface area contributed by atoms with E-state index in [1.54, 1.807) is 7.11 Å². The second kappa shape index (κ2) is 11.9. The zero-order valence-electron chi connectivity index (χ0n) is 21.3. The molecule has 0 saturated heterocycles. The highest BCUT2D eigenvalue weighted by Crippen LogP contribution is 2.63. The lowest BCUT2D eigenvalue weighted by atomic mass is 10.1. The summed E-state index contributed by atoms with van der Waals surface area (Å²) in [7, 11) is 1.70. The van der Waals surface area contributed by atoms with E-state index >= 15 is 0 Å². The molecule has 5 aromatic carbocycles. The monoisotopic (exact) mass is 568 g/mol. The van der Waals surface area contributed by atoms with Crippen molar-refractivity contribution >= 4 is 56.9 Å². The Bertz CT molecular complexity index is 1470. The van der Waals surface area contributed by atoms with Gasteiger partial charge in [-0.3, -0.25) is 0 Å². The molecule has 190 valence electrons. The third-order valence-electron chi connectivity index (χ3n) is 7.00. The minimum atomic E-state index is -2.36. The highest BCUT2D eigenvalue weighted by Gasteiger charge is 2.38. The average molecular weight is 569 g/mol. The molecule has 1 unspecified atom stereocenters. The van der Waals surface area contributed by atoms with Gasteiger partial charge in [0.2, 0.25) is 0 Å². The summed E-state index contributed by atoms with van der Waals surface area (Å²) in [5.41, 5.74) is 1.25. The van der Waals surface area contributed by atoms with Gasteiger partial charge in [-0.2, -0.15) is 0 Å². The van der Waals surface area contributed by atoms with Crippen LogP contribution in [0.25, 0.3) is 0 Å². The van der Waals surface area contributed by atoms with Crippen LogP contribution >= 0.6 is 12.1 Å². The molecule has 0 amide bonds. The van der Waals surface area contributed by atoms with Crippen LogP contribution in [0.3, 0.4) is 0 Å². The lowest BCUT2D eigenvalue weighted by Crippen LogP contribution is -2.27. The maximum Gasteiger partial charge on any atom is 0.118 e. The standard InChI is InChI=1S/C33H30OP2S2/c1-34-28-24-22-27(23-25-28)33(36(38,31-18-10-4-11-19-31)32-20-12-5-13-21-32)26-35(37,29-14-6-2-7-15-29)30-16-8-3-9-17-30/h2-25,33H,26H2,1H3. The molecule has 0 saturated carbocycles. The number of methoxy groups -OCH3 is 1. The van der Waals surface area contributed by atoms with Crippen LogP contribution in [-0.4, -0.2) is 13.3 Å². The van der Waals surface area contributed by atoms with Crippen molar-refractivity contribution in [1.82, 2.24) is 0 Å². The summed E-state index contributed by atoms with van der Waals surface area (Å²) < 4.78 is 5.51. The molecule has 0 bridgehead atoms. The van der Waals surface area contributed by atoms with Gasteiger partial charge in [-0.1, -0.05) is 157 Å². The van der Waals surface area contributed by atoms with Crippen LogP contribution in [-0.2, 0) is 23.6 Å². The molecular formula is C33H30OP2S2. The molecule has 0 aliphatic carbocycles. The fourth-order valence-corrected chi connectivity index (χ4v) is 15.4. The number of benzene rings is 5. The van der Waals surface area contributed by atoms with Gasteiger partial charge in [0.15, 0.2) is 0 Å². The van der Waals surface area contributed by atoms with Gasteiger partial charge in [0.05, 0.1) is 7.11 Å². The first kappa shape index (κ1) is 26.8. The van der Waals surface area contributed by atoms with Crippen LogP contribution in [0.15, 0.2) is 146 Å². The molecule has 38 heavy (non-hydrogen) atoms. The molecular weight excluding hydrogens is 538 g/mol. The van der Waals surface area contributed by atoms with E-state index in [0.29, 0.717) is 0 Å². The van der Waals surface area contributed by atoms with Gasteiger partial charge >= 0.3 is 0 Å². The van der Waals surface area contributed by atoms with E-state index in [2.05, 4.69) is 133 Å². The fraction of sp³-hybridized carbons (Fsp3) is 0.0909. The van der Waals surface area contributed by atoms with E-state index in [0.717, 1.165) is 11.9 Å². The number of ether oxygens (including phenoxy) is 1. The van der Waals surface area contributed by atoms with Crippen molar-refractivity contribution in [2.75, 3.05) is 13.3 Å². The average Bonchev–Trinajstić information content (AvgIpc) is 3.01. The Morgan fingerprint density at radius 3 is 1.26 bits per heavy atom. The zero-order chi connectivity index (χ0) is 26.4. The van der Waals surface area contributed by atoms with Crippen molar-refractivity contribution in [1.29, 1.82) is 0 Å². The second-order valence-corrected chi connectivity index (χ2v) is 18.7. The van der Waals surface area contributed by atoms with Crippen LogP contribution in [0.5, 0.6) is 5.75 Å². The van der Waals surface area contributed by atoms with Gasteiger partial charge in [-0.15, -0.1) is 0 Å². The molecule has 0 N–H and O–H groups in total. The van der Waals surface area contributed by atoms with E-state index in [4.69, 9.17) is 28.4 Å². The van der Waals surface area contributed by atoms with Gasteiger partial charge in [0, 0.05) is 17.7 Å². The molecule has 0 aromatic heterocycles. The quantitative estimate of drug-likeness (QED) is 0.177. The Morgan fingerprint density at radius 2 is 0.895 bits per heavy atom. The molecule has 0 radical (unpaired) electrons. The topological polar surface area (TPSA) is 9.23 Å². The van der Waals surface area contributed by atoms with E-state index in [1.165, 1.54) is 26.8 Å². The first-order valence-electron chi connectivity index (χ1n) is 12.6. The van der Waals surface area contributed by atoms with E-state index in [-0.39, 0.29) is 5.66 Å². The van der Waals surface area contributed by atoms with Crippen molar-refractivity contribution in [2.24, 2.45) is 0 Å². The van der Waals surface area contributed by atoms with Crippen molar-refractivity contribution in [3.8, 4) is 5.75 Å². The minimum absolute atomic E-state index is 0.0412. The number of rotatable bonds is 9. The Hall–Kier alpha value is -2.80. The third kappa shape index (κ3) is 5.35. The molecule has 0 fully saturated rings. The SMILES string of the molecule is COc1ccc(C(CP(=S)(c2ccccc2)c2ccccc2)P(=S)(c2ccccc2)c2ccccc2)cc1. The van der Waals surface area contributed by atoms with Gasteiger partial charge < -0.3 is 4.74 Å². The molecule has 1 atom stereocenters. The lowest BCUT2D eigenvalue weighted by Gasteiger charge is -2.37. The summed E-state index contributed by atoms with van der Waals surface area (Å²) in [6.07, 6.45) is 0.795. The first-order chi connectivity index (χ1) is 18.6. The minimum Gasteiger partial charge on any atom is -0.497 e. The molecule has 5 rings (SSSR count). The predicted molar refractivity (Wildman–Crippen MR) is 173 cm³/mol. The molecule has 0 spiro atoms. The smallest absolute Gasteiger partial charge is 0.118 e. The Kier molecular flexibility index (Phi) is 8.42. The van der Waals surface area contributed by atoms with E-state index in [9.17, 15) is 0 Å². The molecule has 0 heterocycles. The van der Waals surface area contributed by atoms with Crippen molar-refractivity contribution in [3.63, 3.8) is 0 Å². The molecule has 1 nitrogen and oxygen atoms in total. The lowest BCUT2D eigenvalue weighted by molar-refractivity contribution is 0.414. The Balaban J connectivity index is 1.78. The third-order valence-corrected chi connectivity index (χ3v) is 17.7. The molecule has 5 aromatic rings. The van der Waals surface area contributed by atoms with Crippen LogP contribution < -0.4 is 26.0 Å². The summed E-state index contributed by atoms with van der Waals surface area (Å²) in [6, 6.07) is 46.6. The fourth-order valence-electron chi connectivity index (χ4n) is 5.01. The first-order valence-corrected chi connectivity index (χ1v) is 18.5. The number of hydrogen-bond acceptors (Lipinski definition) is 3. The van der Waals surface area contributed by atoms with Gasteiger partial charge in [-0.25, -0.2) is 0 Å². The largest absolute Gasteiger partial charge is 0.497 e. The van der Waals surface area contributed by atoms with Crippen molar-refractivity contribution < 1.29 is 4.74 Å². The van der Waals surface area contributed by atoms with Crippen molar-refractivity contribution in [2.45, 2.75) is 5.66 Å². The maximum atomic E-state index is 6.92. The van der Waals surface area contributed by atoms with Gasteiger partial charge in [-0.05, 0) is 45.1 Å². The van der Waals surface area contributed by atoms with Crippen LogP contribution in [0.4, 0.5) is 0 Å². The van der Waals surface area contributed by atoms with Crippen LogP contribution in [0.2, 0.25) is 0 Å². The summed E-state index contributed by atoms with van der Waals surface area (Å²) in [5, 5.41) is 4.87.